The van der Waals surface area contributed by atoms with Crippen LogP contribution in [0.5, 0.6) is 0 Å². The largest absolute Gasteiger partial charge is 0.241 e. The van der Waals surface area contributed by atoms with Gasteiger partial charge in [0.25, 0.3) is 0 Å². The predicted octanol–water partition coefficient (Wildman–Crippen LogP) is 4.38. The number of nitrogens with zero attached hydrogens (tertiary/aromatic N) is 2. The molecule has 4 fully saturated rings. The normalized spacial score (nSPS) is 47.6. The van der Waals surface area contributed by atoms with Crippen LogP contribution in [0.2, 0.25) is 5.15 Å². The summed E-state index contributed by atoms with van der Waals surface area (Å²) in [5.74, 6) is 1.88. The fraction of sp³-hybridized carbons (Fsp3) is 0.750. The first-order valence-electron chi connectivity index (χ1n) is 7.40. The minimum Gasteiger partial charge on any atom is -0.241 e. The second kappa shape index (κ2) is 3.52. The Morgan fingerprint density at radius 1 is 1.11 bits per heavy atom. The summed E-state index contributed by atoms with van der Waals surface area (Å²) in [4.78, 5) is 9.18. The van der Waals surface area contributed by atoms with Gasteiger partial charge in [0.1, 0.15) is 11.0 Å². The molecule has 0 amide bonds. The van der Waals surface area contributed by atoms with Gasteiger partial charge in [-0.2, -0.15) is 0 Å². The Kier molecular flexibility index (Phi) is 2.25. The van der Waals surface area contributed by atoms with E-state index >= 15 is 0 Å². The molecule has 0 saturated heterocycles. The molecule has 0 spiro atoms. The molecule has 4 saturated carbocycles. The first-order valence-corrected chi connectivity index (χ1v) is 7.77. The van der Waals surface area contributed by atoms with Crippen LogP contribution < -0.4 is 0 Å². The van der Waals surface area contributed by atoms with E-state index in [0.29, 0.717) is 16.0 Å². The van der Waals surface area contributed by atoms with Gasteiger partial charge in [-0.05, 0) is 61.3 Å². The highest BCUT2D eigenvalue weighted by Crippen LogP contribution is 2.69. The van der Waals surface area contributed by atoms with E-state index in [1.165, 1.54) is 38.5 Å². The highest BCUT2D eigenvalue weighted by molar-refractivity contribution is 6.29. The molecular formula is C16H21ClN2. The molecule has 19 heavy (non-hydrogen) atoms. The van der Waals surface area contributed by atoms with Crippen molar-refractivity contribution in [3.8, 4) is 0 Å². The molecule has 5 rings (SSSR count). The Hall–Kier alpha value is -0.630. The zero-order valence-corrected chi connectivity index (χ0v) is 12.5. The van der Waals surface area contributed by atoms with Crippen LogP contribution >= 0.6 is 11.6 Å². The van der Waals surface area contributed by atoms with Crippen molar-refractivity contribution in [1.82, 2.24) is 9.97 Å². The molecule has 2 atom stereocenters. The number of hydrogen-bond donors (Lipinski definition) is 0. The van der Waals surface area contributed by atoms with Crippen LogP contribution in [0, 0.1) is 16.7 Å². The molecule has 102 valence electrons. The van der Waals surface area contributed by atoms with E-state index in [-0.39, 0.29) is 5.41 Å². The molecule has 1 heterocycles. The molecule has 0 aliphatic heterocycles. The van der Waals surface area contributed by atoms with Gasteiger partial charge in [-0.3, -0.25) is 0 Å². The zero-order chi connectivity index (χ0) is 13.3. The molecule has 0 N–H and O–H groups in total. The van der Waals surface area contributed by atoms with Crippen molar-refractivity contribution in [1.29, 1.82) is 0 Å². The lowest BCUT2D eigenvalue weighted by Crippen LogP contribution is -2.57. The summed E-state index contributed by atoms with van der Waals surface area (Å²) in [7, 11) is 0. The van der Waals surface area contributed by atoms with Gasteiger partial charge in [0.05, 0.1) is 0 Å². The lowest BCUT2D eigenvalue weighted by Gasteiger charge is -2.64. The Morgan fingerprint density at radius 3 is 2.37 bits per heavy atom. The van der Waals surface area contributed by atoms with E-state index in [0.717, 1.165) is 11.7 Å². The average Bonchev–Trinajstić information content (AvgIpc) is 2.23. The van der Waals surface area contributed by atoms with E-state index in [1.807, 2.05) is 6.20 Å². The number of halogens is 1. The average molecular weight is 277 g/mol. The summed E-state index contributed by atoms with van der Waals surface area (Å²) < 4.78 is 0. The highest BCUT2D eigenvalue weighted by atomic mass is 35.5. The summed E-state index contributed by atoms with van der Waals surface area (Å²) in [6, 6.07) is 1.79. The van der Waals surface area contributed by atoms with E-state index in [4.69, 9.17) is 11.6 Å². The van der Waals surface area contributed by atoms with Crippen LogP contribution in [-0.2, 0) is 5.41 Å². The Balaban J connectivity index is 1.83. The fourth-order valence-corrected chi connectivity index (χ4v) is 6.43. The molecule has 4 bridgehead atoms. The van der Waals surface area contributed by atoms with Crippen LogP contribution in [-0.4, -0.2) is 9.97 Å². The van der Waals surface area contributed by atoms with Crippen molar-refractivity contribution in [2.75, 3.05) is 0 Å². The Morgan fingerprint density at radius 2 is 1.79 bits per heavy atom. The number of hydrogen-bond acceptors (Lipinski definition) is 2. The smallest absolute Gasteiger partial charge is 0.136 e. The van der Waals surface area contributed by atoms with Gasteiger partial charge in [0, 0.05) is 11.6 Å². The molecule has 2 unspecified atom stereocenters. The monoisotopic (exact) mass is 276 g/mol. The third-order valence-corrected chi connectivity index (χ3v) is 5.93. The topological polar surface area (TPSA) is 25.8 Å². The summed E-state index contributed by atoms with van der Waals surface area (Å²) in [5, 5.41) is 0.594. The molecule has 4 aliphatic carbocycles. The second-order valence-electron chi connectivity index (χ2n) is 8.11. The van der Waals surface area contributed by atoms with Gasteiger partial charge in [0.2, 0.25) is 0 Å². The summed E-state index contributed by atoms with van der Waals surface area (Å²) in [5.41, 5.74) is 1.20. The van der Waals surface area contributed by atoms with E-state index < -0.39 is 0 Å². The van der Waals surface area contributed by atoms with Gasteiger partial charge in [-0.25, -0.2) is 9.97 Å². The van der Waals surface area contributed by atoms with Gasteiger partial charge in [-0.1, -0.05) is 25.4 Å². The van der Waals surface area contributed by atoms with Crippen molar-refractivity contribution in [2.45, 2.75) is 57.8 Å². The van der Waals surface area contributed by atoms with Gasteiger partial charge >= 0.3 is 0 Å². The minimum absolute atomic E-state index is 0.202. The van der Waals surface area contributed by atoms with Gasteiger partial charge < -0.3 is 0 Å². The minimum atomic E-state index is 0.202. The molecule has 2 nitrogen and oxygen atoms in total. The van der Waals surface area contributed by atoms with Crippen LogP contribution in [0.4, 0.5) is 0 Å². The first kappa shape index (κ1) is 12.1. The maximum atomic E-state index is 6.10. The quantitative estimate of drug-likeness (QED) is 0.712. The first-order chi connectivity index (χ1) is 8.91. The lowest BCUT2D eigenvalue weighted by atomic mass is 9.40. The predicted molar refractivity (Wildman–Crippen MR) is 76.1 cm³/mol. The summed E-state index contributed by atoms with van der Waals surface area (Å²) >= 11 is 6.10. The molecule has 4 aliphatic rings. The van der Waals surface area contributed by atoms with Crippen LogP contribution in [0.25, 0.3) is 0 Å². The molecule has 3 heteroatoms. The number of rotatable bonds is 1. The third kappa shape index (κ3) is 1.75. The summed E-state index contributed by atoms with van der Waals surface area (Å²) in [6.07, 6.45) is 9.82. The van der Waals surface area contributed by atoms with E-state index in [2.05, 4.69) is 23.8 Å². The van der Waals surface area contributed by atoms with Gasteiger partial charge in [-0.15, -0.1) is 0 Å². The van der Waals surface area contributed by atoms with Crippen LogP contribution in [0.1, 0.15) is 58.2 Å². The molecule has 1 aromatic rings. The zero-order valence-electron chi connectivity index (χ0n) is 11.7. The fourth-order valence-electron chi connectivity index (χ4n) is 6.29. The highest BCUT2D eigenvalue weighted by Gasteiger charge is 2.61. The molecular weight excluding hydrogens is 256 g/mol. The number of aromatic nitrogens is 2. The van der Waals surface area contributed by atoms with Crippen molar-refractivity contribution in [3.05, 3.63) is 23.2 Å². The maximum absolute atomic E-state index is 6.10. The standard InChI is InChI=1S/C16H21ClN2/c1-14-5-11-6-15(2,8-14)10-16(7-11,9-14)13-18-4-3-12(17)19-13/h3-4,11H,5-10H2,1-2H3. The van der Waals surface area contributed by atoms with E-state index in [9.17, 15) is 0 Å². The van der Waals surface area contributed by atoms with Crippen LogP contribution in [0.3, 0.4) is 0 Å². The SMILES string of the molecule is CC12CC3CC(C)(C1)CC(c1nccc(Cl)n1)(C3)C2. The van der Waals surface area contributed by atoms with Crippen molar-refractivity contribution < 1.29 is 0 Å². The second-order valence-corrected chi connectivity index (χ2v) is 8.50. The third-order valence-electron chi connectivity index (χ3n) is 5.72. The van der Waals surface area contributed by atoms with Crippen molar-refractivity contribution >= 4 is 11.6 Å². The lowest BCUT2D eigenvalue weighted by molar-refractivity contribution is -0.112. The van der Waals surface area contributed by atoms with Crippen molar-refractivity contribution in [3.63, 3.8) is 0 Å². The maximum Gasteiger partial charge on any atom is 0.136 e. The van der Waals surface area contributed by atoms with Crippen LogP contribution in [0.15, 0.2) is 12.3 Å². The molecule has 0 radical (unpaired) electrons. The summed E-state index contributed by atoms with van der Waals surface area (Å²) in [6.45, 7) is 4.96. The molecule has 0 aromatic carbocycles. The van der Waals surface area contributed by atoms with Crippen molar-refractivity contribution in [2.24, 2.45) is 16.7 Å². The Labute approximate surface area is 120 Å². The van der Waals surface area contributed by atoms with E-state index in [1.54, 1.807) is 6.07 Å². The Bertz CT molecular complexity index is 523. The molecule has 1 aromatic heterocycles. The van der Waals surface area contributed by atoms with Gasteiger partial charge in [0.15, 0.2) is 0 Å².